The lowest BCUT2D eigenvalue weighted by Crippen LogP contribution is -2.26. The fourth-order valence-electron chi connectivity index (χ4n) is 1.80. The third-order valence-electron chi connectivity index (χ3n) is 3.04. The van der Waals surface area contributed by atoms with Crippen LogP contribution in [0.4, 0.5) is 4.39 Å². The van der Waals surface area contributed by atoms with Crippen molar-refractivity contribution in [2.24, 2.45) is 0 Å². The van der Waals surface area contributed by atoms with Crippen LogP contribution in [0, 0.1) is 5.82 Å². The van der Waals surface area contributed by atoms with Gasteiger partial charge in [0.25, 0.3) is 0 Å². The summed E-state index contributed by atoms with van der Waals surface area (Å²) in [5, 5.41) is 12.8. The molecule has 0 aliphatic heterocycles. The summed E-state index contributed by atoms with van der Waals surface area (Å²) in [4.78, 5) is 2.10. The number of phenols is 1. The van der Waals surface area contributed by atoms with Gasteiger partial charge in [0.15, 0.2) is 0 Å². The quantitative estimate of drug-likeness (QED) is 0.748. The first-order chi connectivity index (χ1) is 8.06. The van der Waals surface area contributed by atoms with Crippen molar-refractivity contribution in [3.8, 4) is 5.75 Å². The highest BCUT2D eigenvalue weighted by molar-refractivity contribution is 5.34. The summed E-state index contributed by atoms with van der Waals surface area (Å²) in [5.41, 5.74) is 0.636. The molecule has 1 aromatic carbocycles. The number of rotatable bonds is 6. The van der Waals surface area contributed by atoms with E-state index in [1.807, 2.05) is 21.0 Å². The van der Waals surface area contributed by atoms with Crippen LogP contribution in [0.3, 0.4) is 0 Å². The number of phenolic OH excluding ortho intramolecular Hbond substituents is 1. The van der Waals surface area contributed by atoms with Crippen LogP contribution in [0.1, 0.15) is 24.9 Å². The molecule has 0 fully saturated rings. The summed E-state index contributed by atoms with van der Waals surface area (Å²) in [6.07, 6.45) is 1.02. The van der Waals surface area contributed by atoms with Gasteiger partial charge >= 0.3 is 0 Å². The van der Waals surface area contributed by atoms with Gasteiger partial charge in [-0.25, -0.2) is 4.39 Å². The van der Waals surface area contributed by atoms with Gasteiger partial charge in [0.2, 0.25) is 0 Å². The van der Waals surface area contributed by atoms with E-state index in [1.165, 1.54) is 18.2 Å². The molecule has 0 bridgehead atoms. The Morgan fingerprint density at radius 1 is 1.47 bits per heavy atom. The minimum atomic E-state index is -0.312. The molecule has 0 amide bonds. The van der Waals surface area contributed by atoms with Gasteiger partial charge < -0.3 is 10.4 Å². The number of hydrogen-bond acceptors (Lipinski definition) is 3. The monoisotopic (exact) mass is 240 g/mol. The number of nitrogens with zero attached hydrogens (tertiary/aromatic N) is 1. The lowest BCUT2D eigenvalue weighted by molar-refractivity contribution is 0.252. The zero-order valence-electron chi connectivity index (χ0n) is 10.7. The normalized spacial score (nSPS) is 13.0. The fourth-order valence-corrected chi connectivity index (χ4v) is 1.80. The highest BCUT2D eigenvalue weighted by Gasteiger charge is 2.15. The fraction of sp³-hybridized carbons (Fsp3) is 0.538. The minimum absolute atomic E-state index is 0.00237. The van der Waals surface area contributed by atoms with Crippen molar-refractivity contribution >= 4 is 0 Å². The van der Waals surface area contributed by atoms with Crippen molar-refractivity contribution in [2.75, 3.05) is 27.2 Å². The van der Waals surface area contributed by atoms with E-state index in [0.29, 0.717) is 5.56 Å². The second-order valence-electron chi connectivity index (χ2n) is 4.32. The van der Waals surface area contributed by atoms with Crippen LogP contribution in [-0.2, 0) is 0 Å². The highest BCUT2D eigenvalue weighted by Crippen LogP contribution is 2.28. The molecular weight excluding hydrogens is 219 g/mol. The van der Waals surface area contributed by atoms with E-state index in [-0.39, 0.29) is 17.6 Å². The molecule has 0 radical (unpaired) electrons. The maximum Gasteiger partial charge on any atom is 0.123 e. The lowest BCUT2D eigenvalue weighted by atomic mass is 10.1. The lowest BCUT2D eigenvalue weighted by Gasteiger charge is -2.25. The van der Waals surface area contributed by atoms with Crippen molar-refractivity contribution in [2.45, 2.75) is 19.4 Å². The summed E-state index contributed by atoms with van der Waals surface area (Å²) in [6, 6.07) is 4.08. The third-order valence-corrected chi connectivity index (χ3v) is 3.04. The predicted molar refractivity (Wildman–Crippen MR) is 67.7 cm³/mol. The van der Waals surface area contributed by atoms with Crippen LogP contribution in [0.2, 0.25) is 0 Å². The molecule has 3 nitrogen and oxygen atoms in total. The molecule has 2 N–H and O–H groups in total. The van der Waals surface area contributed by atoms with Crippen LogP contribution < -0.4 is 5.32 Å². The third kappa shape index (κ3) is 3.98. The summed E-state index contributed by atoms with van der Waals surface area (Å²) >= 11 is 0. The van der Waals surface area contributed by atoms with E-state index >= 15 is 0 Å². The molecule has 1 atom stereocenters. The molecular formula is C13H21FN2O. The molecule has 0 saturated carbocycles. The van der Waals surface area contributed by atoms with Gasteiger partial charge in [0.1, 0.15) is 11.6 Å². The maximum absolute atomic E-state index is 13.1. The van der Waals surface area contributed by atoms with Crippen molar-refractivity contribution in [3.63, 3.8) is 0 Å². The van der Waals surface area contributed by atoms with Gasteiger partial charge in [0, 0.05) is 11.6 Å². The molecule has 17 heavy (non-hydrogen) atoms. The number of aromatic hydroxyl groups is 1. The number of benzene rings is 1. The van der Waals surface area contributed by atoms with Gasteiger partial charge in [-0.2, -0.15) is 0 Å². The molecule has 0 aromatic heterocycles. The molecule has 1 unspecified atom stereocenters. The Morgan fingerprint density at radius 2 is 2.18 bits per heavy atom. The number of nitrogens with one attached hydrogen (secondary N) is 1. The molecule has 0 spiro atoms. The summed E-state index contributed by atoms with van der Waals surface area (Å²) in [5.74, 6) is -0.160. The standard InChI is InChI=1S/C13H21FN2O/c1-10(16(3)8-4-7-15-2)12-9-11(14)5-6-13(12)17/h5-6,9-10,15,17H,4,7-8H2,1-3H3. The number of hydrogen-bond donors (Lipinski definition) is 2. The SMILES string of the molecule is CNCCCN(C)C(C)c1cc(F)ccc1O. The van der Waals surface area contributed by atoms with Gasteiger partial charge in [-0.1, -0.05) is 0 Å². The van der Waals surface area contributed by atoms with E-state index in [0.717, 1.165) is 19.5 Å². The van der Waals surface area contributed by atoms with E-state index in [1.54, 1.807) is 0 Å². The Labute approximate surface area is 102 Å². The first-order valence-corrected chi connectivity index (χ1v) is 5.89. The molecule has 0 saturated heterocycles. The van der Waals surface area contributed by atoms with E-state index < -0.39 is 0 Å². The van der Waals surface area contributed by atoms with E-state index in [2.05, 4.69) is 10.2 Å². The van der Waals surface area contributed by atoms with Crippen LogP contribution in [0.25, 0.3) is 0 Å². The van der Waals surface area contributed by atoms with Crippen molar-refractivity contribution in [3.05, 3.63) is 29.6 Å². The summed E-state index contributed by atoms with van der Waals surface area (Å²) in [7, 11) is 3.90. The summed E-state index contributed by atoms with van der Waals surface area (Å²) in [6.45, 7) is 3.82. The Balaban J connectivity index is 2.67. The average molecular weight is 240 g/mol. The van der Waals surface area contributed by atoms with Crippen LogP contribution >= 0.6 is 0 Å². The average Bonchev–Trinajstić information content (AvgIpc) is 2.31. The van der Waals surface area contributed by atoms with Gasteiger partial charge in [-0.15, -0.1) is 0 Å². The highest BCUT2D eigenvalue weighted by atomic mass is 19.1. The summed E-state index contributed by atoms with van der Waals surface area (Å²) < 4.78 is 13.1. The zero-order valence-corrected chi connectivity index (χ0v) is 10.7. The van der Waals surface area contributed by atoms with E-state index in [9.17, 15) is 9.50 Å². The molecule has 1 aromatic rings. The first kappa shape index (κ1) is 13.9. The minimum Gasteiger partial charge on any atom is -0.508 e. The van der Waals surface area contributed by atoms with Crippen LogP contribution in [0.5, 0.6) is 5.75 Å². The van der Waals surface area contributed by atoms with Crippen molar-refractivity contribution in [1.82, 2.24) is 10.2 Å². The molecule has 0 aliphatic carbocycles. The largest absolute Gasteiger partial charge is 0.508 e. The first-order valence-electron chi connectivity index (χ1n) is 5.89. The molecule has 96 valence electrons. The molecule has 4 heteroatoms. The molecule has 0 aliphatic rings. The van der Waals surface area contributed by atoms with Gasteiger partial charge in [-0.3, -0.25) is 4.90 Å². The van der Waals surface area contributed by atoms with Crippen LogP contribution in [0.15, 0.2) is 18.2 Å². The Bertz CT molecular complexity index is 357. The second kappa shape index (κ2) is 6.57. The second-order valence-corrected chi connectivity index (χ2v) is 4.32. The van der Waals surface area contributed by atoms with Crippen molar-refractivity contribution < 1.29 is 9.50 Å². The Morgan fingerprint density at radius 3 is 2.82 bits per heavy atom. The molecule has 1 rings (SSSR count). The van der Waals surface area contributed by atoms with Gasteiger partial charge in [-0.05, 0) is 58.7 Å². The maximum atomic E-state index is 13.1. The topological polar surface area (TPSA) is 35.5 Å². The number of halogens is 1. The molecule has 0 heterocycles. The predicted octanol–water partition coefficient (Wildman–Crippen LogP) is 2.13. The Hall–Kier alpha value is -1.13. The van der Waals surface area contributed by atoms with Gasteiger partial charge in [0.05, 0.1) is 0 Å². The Kier molecular flexibility index (Phi) is 5.38. The van der Waals surface area contributed by atoms with Crippen molar-refractivity contribution in [1.29, 1.82) is 0 Å². The smallest absolute Gasteiger partial charge is 0.123 e. The van der Waals surface area contributed by atoms with E-state index in [4.69, 9.17) is 0 Å². The van der Waals surface area contributed by atoms with Crippen LogP contribution in [-0.4, -0.2) is 37.2 Å². The zero-order chi connectivity index (χ0) is 12.8.